The van der Waals surface area contributed by atoms with Crippen molar-refractivity contribution in [3.8, 4) is 0 Å². The van der Waals surface area contributed by atoms with Gasteiger partial charge < -0.3 is 10.6 Å². The Labute approximate surface area is 162 Å². The Kier molecular flexibility index (Phi) is 11.6. The molecule has 9 heteroatoms. The van der Waals surface area contributed by atoms with Crippen LogP contribution in [0.15, 0.2) is 21.8 Å². The van der Waals surface area contributed by atoms with Crippen molar-refractivity contribution < 1.29 is 13.2 Å². The normalized spacial score (nSPS) is 13.5. The number of thiophene rings is 1. The second-order valence-electron chi connectivity index (χ2n) is 5.46. The van der Waals surface area contributed by atoms with Gasteiger partial charge in [-0.2, -0.15) is 24.5 Å². The summed E-state index contributed by atoms with van der Waals surface area (Å²) in [6, 6.07) is 2.08. The molecule has 2 N–H and O–H groups in total. The van der Waals surface area contributed by atoms with E-state index in [-0.39, 0.29) is 24.0 Å². The Bertz CT molecular complexity index is 466. The number of nitrogens with one attached hydrogen (secondary N) is 2. The average molecular weight is 478 g/mol. The highest BCUT2D eigenvalue weighted by atomic mass is 127. The van der Waals surface area contributed by atoms with Crippen molar-refractivity contribution >= 4 is 41.3 Å². The van der Waals surface area contributed by atoms with Crippen LogP contribution in [0.1, 0.15) is 25.3 Å². The highest BCUT2D eigenvalue weighted by molar-refractivity contribution is 14.0. The number of rotatable bonds is 8. The molecule has 0 aliphatic carbocycles. The summed E-state index contributed by atoms with van der Waals surface area (Å²) in [5.74, 6) is 0.944. The third-order valence-corrected chi connectivity index (χ3v) is 3.92. The molecule has 4 nitrogen and oxygen atoms in total. The number of aliphatic imine (C=N–C) groups is 1. The highest BCUT2D eigenvalue weighted by Gasteiger charge is 2.28. The van der Waals surface area contributed by atoms with Gasteiger partial charge in [-0.3, -0.25) is 9.89 Å². The van der Waals surface area contributed by atoms with Gasteiger partial charge in [0.1, 0.15) is 0 Å². The Morgan fingerprint density at radius 2 is 2.08 bits per heavy atom. The van der Waals surface area contributed by atoms with Crippen molar-refractivity contribution in [3.63, 3.8) is 0 Å². The van der Waals surface area contributed by atoms with E-state index in [1.807, 2.05) is 12.3 Å². The number of guanidine groups is 1. The van der Waals surface area contributed by atoms with Crippen molar-refractivity contribution in [2.75, 3.05) is 39.8 Å². The largest absolute Gasteiger partial charge is 0.401 e. The average Bonchev–Trinajstić information content (AvgIpc) is 2.96. The second kappa shape index (κ2) is 11.9. The molecule has 1 aromatic heterocycles. The summed E-state index contributed by atoms with van der Waals surface area (Å²) in [5, 5.41) is 10.3. The van der Waals surface area contributed by atoms with E-state index < -0.39 is 12.7 Å². The molecule has 0 bridgehead atoms. The maximum atomic E-state index is 12.3. The van der Waals surface area contributed by atoms with Crippen LogP contribution in [0.4, 0.5) is 13.2 Å². The molecule has 0 saturated heterocycles. The Morgan fingerprint density at radius 3 is 2.62 bits per heavy atom. The molecule has 0 aliphatic heterocycles. The molecule has 24 heavy (non-hydrogen) atoms. The molecule has 0 saturated carbocycles. The fraction of sp³-hybridized carbons (Fsp3) is 0.667. The van der Waals surface area contributed by atoms with Gasteiger partial charge in [-0.1, -0.05) is 6.92 Å². The molecule has 0 amide bonds. The number of halogens is 4. The molecule has 0 radical (unpaired) electrons. The lowest BCUT2D eigenvalue weighted by Crippen LogP contribution is -2.42. The van der Waals surface area contributed by atoms with Crippen LogP contribution >= 0.6 is 35.3 Å². The predicted octanol–water partition coefficient (Wildman–Crippen LogP) is 3.52. The molecule has 0 spiro atoms. The first-order valence-electron chi connectivity index (χ1n) is 7.61. The smallest absolute Gasteiger partial charge is 0.357 e. The van der Waals surface area contributed by atoms with Crippen molar-refractivity contribution in [1.82, 2.24) is 15.5 Å². The van der Waals surface area contributed by atoms with Crippen molar-refractivity contribution in [1.29, 1.82) is 0 Å². The van der Waals surface area contributed by atoms with E-state index in [0.29, 0.717) is 38.1 Å². The Balaban J connectivity index is 0.00000529. The van der Waals surface area contributed by atoms with Crippen LogP contribution < -0.4 is 10.6 Å². The quantitative estimate of drug-likeness (QED) is 0.341. The van der Waals surface area contributed by atoms with Crippen LogP contribution in [0.25, 0.3) is 0 Å². The number of hydrogen-bond donors (Lipinski definition) is 2. The minimum absolute atomic E-state index is 0. The maximum Gasteiger partial charge on any atom is 0.401 e. The van der Waals surface area contributed by atoms with Gasteiger partial charge >= 0.3 is 6.18 Å². The molecule has 0 aliphatic rings. The minimum Gasteiger partial charge on any atom is -0.357 e. The monoisotopic (exact) mass is 478 g/mol. The minimum atomic E-state index is -4.16. The number of nitrogens with zero attached hydrogens (tertiary/aromatic N) is 2. The summed E-state index contributed by atoms with van der Waals surface area (Å²) in [5.41, 5.74) is 1.25. The van der Waals surface area contributed by atoms with E-state index in [1.54, 1.807) is 11.3 Å². The standard InChI is InChI=1S/C15H25F3N4S.HI/c1-4-19-14(20-6-7-22(3)11-15(16,17)18)21-9-12(2)13-5-8-23-10-13;/h5,8,10,12H,4,6-7,9,11H2,1-3H3,(H2,19,20,21);1H. The van der Waals surface area contributed by atoms with Gasteiger partial charge in [0.05, 0.1) is 6.54 Å². The SMILES string of the molecule is CCNC(=NCC(C)c1ccsc1)NCCN(C)CC(F)(F)F.I. The van der Waals surface area contributed by atoms with Crippen molar-refractivity contribution in [2.24, 2.45) is 4.99 Å². The number of likely N-dealkylation sites (N-methyl/N-ethyl adjacent to an activating group) is 1. The van der Waals surface area contributed by atoms with Gasteiger partial charge in [-0.05, 0) is 36.4 Å². The van der Waals surface area contributed by atoms with E-state index in [1.165, 1.54) is 17.5 Å². The molecular weight excluding hydrogens is 452 g/mol. The summed E-state index contributed by atoms with van der Waals surface area (Å²) in [4.78, 5) is 5.74. The molecule has 1 aromatic rings. The molecule has 1 rings (SSSR count). The first-order valence-corrected chi connectivity index (χ1v) is 8.55. The number of alkyl halides is 3. The molecule has 0 aromatic carbocycles. The maximum absolute atomic E-state index is 12.3. The van der Waals surface area contributed by atoms with E-state index in [0.717, 1.165) is 0 Å². The summed E-state index contributed by atoms with van der Waals surface area (Å²) in [6.45, 7) is 5.19. The van der Waals surface area contributed by atoms with Crippen LogP contribution in [0.3, 0.4) is 0 Å². The lowest BCUT2D eigenvalue weighted by atomic mass is 10.1. The topological polar surface area (TPSA) is 39.7 Å². The zero-order valence-corrected chi connectivity index (χ0v) is 17.3. The first-order chi connectivity index (χ1) is 10.8. The molecular formula is C15H26F3IN4S. The van der Waals surface area contributed by atoms with Crippen LogP contribution in [0.5, 0.6) is 0 Å². The Morgan fingerprint density at radius 1 is 1.38 bits per heavy atom. The van der Waals surface area contributed by atoms with Gasteiger partial charge in [0.2, 0.25) is 0 Å². The molecule has 1 heterocycles. The van der Waals surface area contributed by atoms with E-state index in [9.17, 15) is 13.2 Å². The molecule has 0 fully saturated rings. The summed E-state index contributed by atoms with van der Waals surface area (Å²) >= 11 is 1.66. The third kappa shape index (κ3) is 10.3. The first kappa shape index (κ1) is 23.4. The van der Waals surface area contributed by atoms with Gasteiger partial charge in [0.15, 0.2) is 5.96 Å². The summed E-state index contributed by atoms with van der Waals surface area (Å²) in [6.07, 6.45) is -4.16. The highest BCUT2D eigenvalue weighted by Crippen LogP contribution is 2.18. The van der Waals surface area contributed by atoms with Crippen LogP contribution in [0.2, 0.25) is 0 Å². The molecule has 140 valence electrons. The second-order valence-corrected chi connectivity index (χ2v) is 6.24. The molecule has 1 unspecified atom stereocenters. The van der Waals surface area contributed by atoms with Gasteiger partial charge in [0.25, 0.3) is 0 Å². The Hall–Kier alpha value is -0.550. The summed E-state index contributed by atoms with van der Waals surface area (Å²) < 4.78 is 36.8. The van der Waals surface area contributed by atoms with E-state index >= 15 is 0 Å². The lowest BCUT2D eigenvalue weighted by molar-refractivity contribution is -0.142. The lowest BCUT2D eigenvalue weighted by Gasteiger charge is -2.19. The zero-order chi connectivity index (χ0) is 17.3. The van der Waals surface area contributed by atoms with E-state index in [4.69, 9.17) is 0 Å². The van der Waals surface area contributed by atoms with Gasteiger partial charge in [-0.25, -0.2) is 0 Å². The van der Waals surface area contributed by atoms with E-state index in [2.05, 4.69) is 34.0 Å². The fourth-order valence-electron chi connectivity index (χ4n) is 1.98. The molecule has 1 atom stereocenters. The van der Waals surface area contributed by atoms with Crippen LogP contribution in [0, 0.1) is 0 Å². The summed E-state index contributed by atoms with van der Waals surface area (Å²) in [7, 11) is 1.46. The predicted molar refractivity (Wildman–Crippen MR) is 106 cm³/mol. The van der Waals surface area contributed by atoms with Crippen molar-refractivity contribution in [3.05, 3.63) is 22.4 Å². The number of hydrogen-bond acceptors (Lipinski definition) is 3. The van der Waals surface area contributed by atoms with Gasteiger partial charge in [-0.15, -0.1) is 24.0 Å². The zero-order valence-electron chi connectivity index (χ0n) is 14.2. The van der Waals surface area contributed by atoms with Crippen LogP contribution in [-0.4, -0.2) is 56.8 Å². The van der Waals surface area contributed by atoms with Gasteiger partial charge in [0, 0.05) is 32.1 Å². The van der Waals surface area contributed by atoms with Crippen molar-refractivity contribution in [2.45, 2.75) is 25.9 Å². The third-order valence-electron chi connectivity index (χ3n) is 3.21. The fourth-order valence-corrected chi connectivity index (χ4v) is 2.76. The van der Waals surface area contributed by atoms with Crippen LogP contribution in [-0.2, 0) is 0 Å².